The Kier molecular flexibility index (Phi) is 7.91. The summed E-state index contributed by atoms with van der Waals surface area (Å²) >= 11 is 0. The number of imidazole rings is 1. The summed E-state index contributed by atoms with van der Waals surface area (Å²) in [6.07, 6.45) is 5.59. The monoisotopic (exact) mass is 552 g/mol. The maximum Gasteiger partial charge on any atom is 0.295 e. The van der Waals surface area contributed by atoms with Gasteiger partial charge in [-0.15, -0.1) is 0 Å². The predicted molar refractivity (Wildman–Crippen MR) is 151 cm³/mol. The van der Waals surface area contributed by atoms with Crippen molar-refractivity contribution in [3.63, 3.8) is 0 Å². The van der Waals surface area contributed by atoms with E-state index in [4.69, 9.17) is 4.74 Å². The fourth-order valence-corrected chi connectivity index (χ4v) is 4.94. The third-order valence-electron chi connectivity index (χ3n) is 6.93. The summed E-state index contributed by atoms with van der Waals surface area (Å²) in [7, 11) is 0. The highest BCUT2D eigenvalue weighted by Crippen LogP contribution is 2.40. The first kappa shape index (κ1) is 27.3. The lowest BCUT2D eigenvalue weighted by atomic mass is 9.95. The van der Waals surface area contributed by atoms with Crippen LogP contribution in [-0.4, -0.2) is 42.7 Å². The Morgan fingerprint density at radius 3 is 2.54 bits per heavy atom. The number of Topliss-reactive ketones (excluding diaryl/α,β-unsaturated/α-hetero) is 1. The van der Waals surface area contributed by atoms with Crippen LogP contribution < -0.4 is 4.74 Å². The zero-order valence-electron chi connectivity index (χ0n) is 22.3. The van der Waals surface area contributed by atoms with E-state index in [0.29, 0.717) is 36.4 Å². The van der Waals surface area contributed by atoms with E-state index in [9.17, 15) is 24.8 Å². The number of non-ortho nitro benzene ring substituents is 1. The van der Waals surface area contributed by atoms with E-state index in [1.54, 1.807) is 49.1 Å². The molecule has 1 amide bonds. The van der Waals surface area contributed by atoms with E-state index >= 15 is 0 Å². The van der Waals surface area contributed by atoms with Crippen LogP contribution in [0.25, 0.3) is 5.76 Å². The molecular formula is C31H28N4O6. The molecule has 0 spiro atoms. The lowest BCUT2D eigenvalue weighted by Gasteiger charge is -2.25. The van der Waals surface area contributed by atoms with Crippen molar-refractivity contribution in [1.29, 1.82) is 0 Å². The van der Waals surface area contributed by atoms with Gasteiger partial charge in [-0.25, -0.2) is 4.98 Å². The van der Waals surface area contributed by atoms with Gasteiger partial charge in [0, 0.05) is 43.2 Å². The number of ketones is 1. The van der Waals surface area contributed by atoms with E-state index in [2.05, 4.69) is 4.98 Å². The Hall–Kier alpha value is -5.25. The largest absolute Gasteiger partial charge is 0.507 e. The first-order chi connectivity index (χ1) is 19.8. The molecule has 208 valence electrons. The van der Waals surface area contributed by atoms with Gasteiger partial charge >= 0.3 is 0 Å². The van der Waals surface area contributed by atoms with Crippen molar-refractivity contribution in [2.45, 2.75) is 32.5 Å². The Labute approximate surface area is 236 Å². The minimum Gasteiger partial charge on any atom is -0.507 e. The summed E-state index contributed by atoms with van der Waals surface area (Å²) in [6.45, 7) is 3.11. The van der Waals surface area contributed by atoms with Crippen LogP contribution in [0.4, 0.5) is 5.69 Å². The zero-order valence-corrected chi connectivity index (χ0v) is 22.3. The molecule has 0 saturated carbocycles. The molecule has 1 saturated heterocycles. The number of rotatable bonds is 10. The zero-order chi connectivity index (χ0) is 28.9. The molecule has 1 unspecified atom stereocenters. The van der Waals surface area contributed by atoms with Crippen LogP contribution in [0.5, 0.6) is 5.75 Å². The van der Waals surface area contributed by atoms with Crippen LogP contribution >= 0.6 is 0 Å². The van der Waals surface area contributed by atoms with E-state index < -0.39 is 22.7 Å². The van der Waals surface area contributed by atoms with Crippen molar-refractivity contribution >= 4 is 23.1 Å². The van der Waals surface area contributed by atoms with Gasteiger partial charge in [0.25, 0.3) is 17.4 Å². The molecule has 1 aromatic heterocycles. The van der Waals surface area contributed by atoms with E-state index in [1.807, 2.05) is 35.8 Å². The highest BCUT2D eigenvalue weighted by atomic mass is 16.6. The van der Waals surface area contributed by atoms with Gasteiger partial charge in [0.15, 0.2) is 0 Å². The number of amides is 1. The molecule has 1 aliphatic rings. The SMILES string of the molecule is Cc1cccc(COc2ccc(/C(O)=C3\C(=O)C(=O)N(CCCn4ccnc4)C3c3cccc([N+](=O)[O-])c3)cc2)c1. The summed E-state index contributed by atoms with van der Waals surface area (Å²) in [6, 6.07) is 19.3. The highest BCUT2D eigenvalue weighted by Gasteiger charge is 2.46. The van der Waals surface area contributed by atoms with Crippen LogP contribution in [0.2, 0.25) is 0 Å². The number of carbonyl (C=O) groups excluding carboxylic acids is 2. The molecule has 41 heavy (non-hydrogen) atoms. The van der Waals surface area contributed by atoms with Crippen LogP contribution in [-0.2, 0) is 22.7 Å². The molecule has 3 aromatic carbocycles. The fourth-order valence-electron chi connectivity index (χ4n) is 4.94. The number of aliphatic hydroxyl groups is 1. The van der Waals surface area contributed by atoms with Crippen molar-refractivity contribution in [3.8, 4) is 5.75 Å². The number of hydrogen-bond acceptors (Lipinski definition) is 7. The molecule has 4 aromatic rings. The molecule has 5 rings (SSSR count). The maximum absolute atomic E-state index is 13.3. The summed E-state index contributed by atoms with van der Waals surface area (Å²) in [5.41, 5.74) is 2.53. The van der Waals surface area contributed by atoms with Crippen molar-refractivity contribution in [1.82, 2.24) is 14.5 Å². The predicted octanol–water partition coefficient (Wildman–Crippen LogP) is 5.19. The van der Waals surface area contributed by atoms with Crippen molar-refractivity contribution in [3.05, 3.63) is 129 Å². The third kappa shape index (κ3) is 6.01. The standard InChI is InChI=1S/C31H28N4O6/c1-21-5-2-6-22(17-21)19-41-26-11-9-23(10-12-26)29(36)27-28(24-7-3-8-25(18-24)35(39)40)34(31(38)30(27)37)15-4-14-33-16-13-32-20-33/h2-3,5-13,16-18,20,28,36H,4,14-15,19H2,1H3/b29-27+. The van der Waals surface area contributed by atoms with Crippen LogP contribution in [0.3, 0.4) is 0 Å². The van der Waals surface area contributed by atoms with Gasteiger partial charge < -0.3 is 19.3 Å². The number of nitro benzene ring substituents is 1. The highest BCUT2D eigenvalue weighted by molar-refractivity contribution is 6.46. The summed E-state index contributed by atoms with van der Waals surface area (Å²) < 4.78 is 7.71. The average Bonchev–Trinajstić information content (AvgIpc) is 3.58. The lowest BCUT2D eigenvalue weighted by molar-refractivity contribution is -0.384. The maximum atomic E-state index is 13.3. The molecule has 10 heteroatoms. The smallest absolute Gasteiger partial charge is 0.295 e. The number of nitrogens with zero attached hydrogens (tertiary/aromatic N) is 4. The topological polar surface area (TPSA) is 128 Å². The van der Waals surface area contributed by atoms with Gasteiger partial charge in [-0.3, -0.25) is 19.7 Å². The summed E-state index contributed by atoms with van der Waals surface area (Å²) in [5, 5.41) is 22.8. The first-order valence-electron chi connectivity index (χ1n) is 13.1. The molecule has 0 radical (unpaired) electrons. The van der Waals surface area contributed by atoms with Gasteiger partial charge in [0.2, 0.25) is 0 Å². The number of benzene rings is 3. The molecule has 1 atom stereocenters. The number of likely N-dealkylation sites (tertiary alicyclic amines) is 1. The Bertz CT molecular complexity index is 1610. The van der Waals surface area contributed by atoms with E-state index in [0.717, 1.165) is 11.1 Å². The van der Waals surface area contributed by atoms with Crippen LogP contribution in [0, 0.1) is 17.0 Å². The molecular weight excluding hydrogens is 524 g/mol. The van der Waals surface area contributed by atoms with Crippen molar-refractivity contribution in [2.75, 3.05) is 6.54 Å². The minimum atomic E-state index is -0.991. The molecule has 1 aliphatic heterocycles. The number of carbonyl (C=O) groups is 2. The second-order valence-electron chi connectivity index (χ2n) is 9.80. The molecule has 0 bridgehead atoms. The van der Waals surface area contributed by atoms with Gasteiger partial charge in [-0.2, -0.15) is 0 Å². The lowest BCUT2D eigenvalue weighted by Crippen LogP contribution is -2.31. The van der Waals surface area contributed by atoms with Crippen molar-refractivity contribution in [2.24, 2.45) is 0 Å². The van der Waals surface area contributed by atoms with E-state index in [-0.39, 0.29) is 23.6 Å². The summed E-state index contributed by atoms with van der Waals surface area (Å²) in [4.78, 5) is 42.8. The first-order valence-corrected chi connectivity index (χ1v) is 13.1. The number of aryl methyl sites for hydroxylation is 2. The minimum absolute atomic E-state index is 0.119. The molecule has 10 nitrogen and oxygen atoms in total. The number of hydrogen-bond donors (Lipinski definition) is 1. The van der Waals surface area contributed by atoms with Gasteiger partial charge in [0.05, 0.1) is 22.9 Å². The van der Waals surface area contributed by atoms with Crippen LogP contribution in [0.15, 0.2) is 97.1 Å². The molecule has 1 fully saturated rings. The normalized spacial score (nSPS) is 16.2. The number of aliphatic hydroxyl groups excluding tert-OH is 1. The second kappa shape index (κ2) is 11.9. The van der Waals surface area contributed by atoms with Gasteiger partial charge in [-0.1, -0.05) is 42.0 Å². The summed E-state index contributed by atoms with van der Waals surface area (Å²) in [5.74, 6) is -1.41. The number of nitro groups is 1. The van der Waals surface area contributed by atoms with Gasteiger partial charge in [-0.05, 0) is 48.7 Å². The van der Waals surface area contributed by atoms with Crippen molar-refractivity contribution < 1.29 is 24.4 Å². The third-order valence-corrected chi connectivity index (χ3v) is 6.93. The number of aromatic nitrogens is 2. The molecule has 1 N–H and O–H groups in total. The quantitative estimate of drug-likeness (QED) is 0.0943. The van der Waals surface area contributed by atoms with Crippen LogP contribution in [0.1, 0.15) is 34.7 Å². The van der Waals surface area contributed by atoms with Gasteiger partial charge in [0.1, 0.15) is 18.1 Å². The Morgan fingerprint density at radius 1 is 1.05 bits per heavy atom. The number of ether oxygens (including phenoxy) is 1. The molecule has 2 heterocycles. The second-order valence-corrected chi connectivity index (χ2v) is 9.80. The Balaban J connectivity index is 1.44. The molecule has 0 aliphatic carbocycles. The van der Waals surface area contributed by atoms with E-state index in [1.165, 1.54) is 23.1 Å². The fraction of sp³-hybridized carbons (Fsp3) is 0.194. The Morgan fingerprint density at radius 2 is 1.83 bits per heavy atom. The average molecular weight is 553 g/mol.